The Hall–Kier alpha value is -1.40. The molecule has 1 rings (SSSR count). The van der Waals surface area contributed by atoms with Crippen LogP contribution in [0.25, 0.3) is 0 Å². The van der Waals surface area contributed by atoms with Gasteiger partial charge in [-0.05, 0) is 32.3 Å². The Kier molecular flexibility index (Phi) is 7.55. The molecule has 3 atom stereocenters. The van der Waals surface area contributed by atoms with Gasteiger partial charge in [0.1, 0.15) is 0 Å². The van der Waals surface area contributed by atoms with Gasteiger partial charge in [-0.2, -0.15) is 0 Å². The molecule has 0 saturated heterocycles. The van der Waals surface area contributed by atoms with Gasteiger partial charge < -0.3 is 20.5 Å². The topological polar surface area (TPSA) is 90.6 Å². The minimum atomic E-state index is -0.419. The third-order valence-corrected chi connectivity index (χ3v) is 3.80. The highest BCUT2D eigenvalue weighted by Gasteiger charge is 2.35. The molecular formula is C16H28N2O4. The Balaban J connectivity index is 2.98. The fourth-order valence-corrected chi connectivity index (χ4v) is 2.62. The second-order valence-electron chi connectivity index (χ2n) is 5.55. The average molecular weight is 312 g/mol. The van der Waals surface area contributed by atoms with Crippen molar-refractivity contribution in [2.45, 2.75) is 71.2 Å². The third-order valence-electron chi connectivity index (χ3n) is 3.80. The van der Waals surface area contributed by atoms with Crippen LogP contribution in [0.2, 0.25) is 0 Å². The van der Waals surface area contributed by atoms with Gasteiger partial charge in [0.2, 0.25) is 5.91 Å². The Morgan fingerprint density at radius 3 is 2.50 bits per heavy atom. The van der Waals surface area contributed by atoms with Crippen LogP contribution in [0, 0.1) is 0 Å². The molecule has 22 heavy (non-hydrogen) atoms. The summed E-state index contributed by atoms with van der Waals surface area (Å²) in [6.07, 6.45) is 3.48. The highest BCUT2D eigenvalue weighted by molar-refractivity contribution is 5.89. The van der Waals surface area contributed by atoms with E-state index < -0.39 is 6.10 Å². The smallest absolute Gasteiger partial charge is 0.333 e. The molecule has 0 aromatic rings. The first-order valence-electron chi connectivity index (χ1n) is 7.98. The molecule has 0 aromatic heterocycles. The highest BCUT2D eigenvalue weighted by atomic mass is 16.5. The van der Waals surface area contributed by atoms with E-state index in [0.29, 0.717) is 18.6 Å². The van der Waals surface area contributed by atoms with E-state index in [4.69, 9.17) is 15.2 Å². The van der Waals surface area contributed by atoms with Crippen molar-refractivity contribution >= 4 is 11.9 Å². The summed E-state index contributed by atoms with van der Waals surface area (Å²) in [5, 5.41) is 2.84. The number of ether oxygens (including phenoxy) is 2. The van der Waals surface area contributed by atoms with Gasteiger partial charge in [-0.15, -0.1) is 0 Å². The van der Waals surface area contributed by atoms with E-state index in [0.717, 1.165) is 12.8 Å². The molecule has 0 fully saturated rings. The lowest BCUT2D eigenvalue weighted by atomic mass is 9.88. The summed E-state index contributed by atoms with van der Waals surface area (Å²) in [5.41, 5.74) is 6.68. The normalized spacial score (nSPS) is 24.8. The second kappa shape index (κ2) is 8.90. The minimum Gasteiger partial charge on any atom is -0.463 e. The molecule has 0 aliphatic heterocycles. The van der Waals surface area contributed by atoms with E-state index >= 15 is 0 Å². The van der Waals surface area contributed by atoms with Crippen molar-refractivity contribution < 1.29 is 19.1 Å². The first kappa shape index (κ1) is 18.6. The van der Waals surface area contributed by atoms with E-state index in [2.05, 4.69) is 5.32 Å². The van der Waals surface area contributed by atoms with Crippen LogP contribution in [0.1, 0.15) is 47.0 Å². The molecule has 1 amide bonds. The van der Waals surface area contributed by atoms with Gasteiger partial charge in [0.15, 0.2) is 0 Å². The predicted molar refractivity (Wildman–Crippen MR) is 84.2 cm³/mol. The predicted octanol–water partition coefficient (Wildman–Crippen LogP) is 1.29. The number of carbonyl (C=O) groups is 2. The minimum absolute atomic E-state index is 0.0613. The van der Waals surface area contributed by atoms with Crippen LogP contribution in [0.5, 0.6) is 0 Å². The van der Waals surface area contributed by atoms with Crippen LogP contribution in [0.4, 0.5) is 0 Å². The zero-order valence-electron chi connectivity index (χ0n) is 13.9. The summed E-state index contributed by atoms with van der Waals surface area (Å²) in [6.45, 7) is 7.62. The number of rotatable bonds is 7. The molecule has 1 unspecified atom stereocenters. The Morgan fingerprint density at radius 2 is 2.00 bits per heavy atom. The SMILES string of the molecule is CCOC(=O)C1=C[C@@H](OC(CC)CC)[C@H](NC(C)=O)C(N)C1. The second-order valence-corrected chi connectivity index (χ2v) is 5.55. The maximum atomic E-state index is 12.0. The van der Waals surface area contributed by atoms with E-state index in [-0.39, 0.29) is 30.1 Å². The van der Waals surface area contributed by atoms with Crippen molar-refractivity contribution in [1.29, 1.82) is 0 Å². The Labute approximate surface area is 132 Å². The highest BCUT2D eigenvalue weighted by Crippen LogP contribution is 2.24. The molecular weight excluding hydrogens is 284 g/mol. The number of amides is 1. The molecule has 0 spiro atoms. The Morgan fingerprint density at radius 1 is 1.36 bits per heavy atom. The van der Waals surface area contributed by atoms with E-state index in [1.165, 1.54) is 6.92 Å². The van der Waals surface area contributed by atoms with Crippen molar-refractivity contribution in [2.75, 3.05) is 6.61 Å². The summed E-state index contributed by atoms with van der Waals surface area (Å²) in [5.74, 6) is -0.524. The van der Waals surface area contributed by atoms with Crippen LogP contribution < -0.4 is 11.1 Å². The number of carbonyl (C=O) groups excluding carboxylic acids is 2. The van der Waals surface area contributed by atoms with Crippen molar-refractivity contribution in [3.8, 4) is 0 Å². The summed E-state index contributed by atoms with van der Waals surface area (Å²) in [6, 6.07) is -0.719. The lowest BCUT2D eigenvalue weighted by Crippen LogP contribution is -2.57. The fraction of sp³-hybridized carbons (Fsp3) is 0.750. The quantitative estimate of drug-likeness (QED) is 0.691. The zero-order valence-corrected chi connectivity index (χ0v) is 13.9. The monoisotopic (exact) mass is 312 g/mol. The number of nitrogens with one attached hydrogen (secondary N) is 1. The molecule has 1 aliphatic rings. The van der Waals surface area contributed by atoms with Crippen LogP contribution in [0.3, 0.4) is 0 Å². The molecule has 126 valence electrons. The van der Waals surface area contributed by atoms with Gasteiger partial charge in [-0.3, -0.25) is 4.79 Å². The molecule has 6 nitrogen and oxygen atoms in total. The van der Waals surface area contributed by atoms with Crippen molar-refractivity contribution in [1.82, 2.24) is 5.32 Å². The van der Waals surface area contributed by atoms with Crippen molar-refractivity contribution in [3.05, 3.63) is 11.6 Å². The standard InChI is InChI=1S/C16H28N2O4/c1-5-12(6-2)22-14-9-11(16(20)21-7-3)8-13(17)15(14)18-10(4)19/h9,12-15H,5-8,17H2,1-4H3,(H,18,19)/t13?,14-,15-/m1/s1. The summed E-state index contributed by atoms with van der Waals surface area (Å²) < 4.78 is 11.1. The molecule has 0 aromatic carbocycles. The number of esters is 1. The van der Waals surface area contributed by atoms with E-state index in [9.17, 15) is 9.59 Å². The van der Waals surface area contributed by atoms with Crippen LogP contribution in [-0.4, -0.2) is 42.8 Å². The van der Waals surface area contributed by atoms with E-state index in [1.54, 1.807) is 13.0 Å². The van der Waals surface area contributed by atoms with Crippen LogP contribution in [0.15, 0.2) is 11.6 Å². The fourth-order valence-electron chi connectivity index (χ4n) is 2.62. The van der Waals surface area contributed by atoms with Gasteiger partial charge in [0, 0.05) is 18.5 Å². The lowest BCUT2D eigenvalue weighted by molar-refractivity contribution is -0.139. The first-order chi connectivity index (χ1) is 10.4. The lowest BCUT2D eigenvalue weighted by Gasteiger charge is -2.36. The maximum absolute atomic E-state index is 12.0. The van der Waals surface area contributed by atoms with Crippen molar-refractivity contribution in [3.63, 3.8) is 0 Å². The van der Waals surface area contributed by atoms with Crippen molar-refractivity contribution in [2.24, 2.45) is 5.73 Å². The summed E-state index contributed by atoms with van der Waals surface area (Å²) in [7, 11) is 0. The van der Waals surface area contributed by atoms with Crippen LogP contribution >= 0.6 is 0 Å². The van der Waals surface area contributed by atoms with Gasteiger partial charge in [0.25, 0.3) is 0 Å². The molecule has 6 heteroatoms. The maximum Gasteiger partial charge on any atom is 0.333 e. The molecule has 0 radical (unpaired) electrons. The number of hydrogen-bond donors (Lipinski definition) is 2. The summed E-state index contributed by atoms with van der Waals surface area (Å²) in [4.78, 5) is 23.4. The third kappa shape index (κ3) is 5.10. The van der Waals surface area contributed by atoms with Crippen LogP contribution in [-0.2, 0) is 19.1 Å². The number of nitrogens with two attached hydrogens (primary N) is 1. The first-order valence-corrected chi connectivity index (χ1v) is 7.98. The molecule has 0 bridgehead atoms. The zero-order chi connectivity index (χ0) is 16.7. The molecule has 1 aliphatic carbocycles. The largest absolute Gasteiger partial charge is 0.463 e. The molecule has 0 heterocycles. The van der Waals surface area contributed by atoms with E-state index in [1.807, 2.05) is 13.8 Å². The van der Waals surface area contributed by atoms with Gasteiger partial charge in [-0.1, -0.05) is 13.8 Å². The molecule has 3 N–H and O–H groups in total. The Bertz CT molecular complexity index is 418. The summed E-state index contributed by atoms with van der Waals surface area (Å²) >= 11 is 0. The van der Waals surface area contributed by atoms with Gasteiger partial charge in [0.05, 0.1) is 24.9 Å². The number of hydrogen-bond acceptors (Lipinski definition) is 5. The van der Waals surface area contributed by atoms with Gasteiger partial charge >= 0.3 is 5.97 Å². The van der Waals surface area contributed by atoms with Gasteiger partial charge in [-0.25, -0.2) is 4.79 Å². The average Bonchev–Trinajstić information content (AvgIpc) is 2.47. The molecule has 0 saturated carbocycles.